The number of hydrogen-bond donors (Lipinski definition) is 3. The Hall–Kier alpha value is -0.320. The van der Waals surface area contributed by atoms with Gasteiger partial charge in [-0.15, -0.1) is 12.4 Å². The van der Waals surface area contributed by atoms with Crippen LogP contribution in [0.4, 0.5) is 0 Å². The van der Waals surface area contributed by atoms with E-state index in [1.165, 1.54) is 6.42 Å². The number of piperidine rings is 1. The lowest BCUT2D eigenvalue weighted by Gasteiger charge is -2.25. The molecule has 1 amide bonds. The van der Waals surface area contributed by atoms with Gasteiger partial charge in [0.2, 0.25) is 5.91 Å². The number of halogens is 1. The van der Waals surface area contributed by atoms with Gasteiger partial charge >= 0.3 is 0 Å². The SMILES string of the molecule is Cl.O=C(N[C@@H]1CCCNC1)[C@@H]1CCNC1. The van der Waals surface area contributed by atoms with E-state index in [2.05, 4.69) is 16.0 Å². The second-order valence-electron chi connectivity index (χ2n) is 4.24. The average molecular weight is 234 g/mol. The van der Waals surface area contributed by atoms with Crippen molar-refractivity contribution in [3.8, 4) is 0 Å². The summed E-state index contributed by atoms with van der Waals surface area (Å²) in [5, 5.41) is 9.63. The molecule has 0 aromatic rings. The third kappa shape index (κ3) is 3.63. The Morgan fingerprint density at radius 1 is 1.13 bits per heavy atom. The molecular weight excluding hydrogens is 214 g/mol. The zero-order valence-electron chi connectivity index (χ0n) is 8.92. The molecule has 2 aliphatic rings. The van der Waals surface area contributed by atoms with Crippen molar-refractivity contribution in [3.63, 3.8) is 0 Å². The molecule has 88 valence electrons. The maximum absolute atomic E-state index is 11.7. The third-order valence-electron chi connectivity index (χ3n) is 3.07. The van der Waals surface area contributed by atoms with E-state index in [0.717, 1.165) is 39.0 Å². The minimum absolute atomic E-state index is 0. The Balaban J connectivity index is 0.00000112. The highest BCUT2D eigenvalue weighted by Crippen LogP contribution is 2.09. The van der Waals surface area contributed by atoms with Gasteiger partial charge in [0.05, 0.1) is 5.92 Å². The predicted molar refractivity (Wildman–Crippen MR) is 62.3 cm³/mol. The van der Waals surface area contributed by atoms with Gasteiger partial charge < -0.3 is 16.0 Å². The van der Waals surface area contributed by atoms with Crippen molar-refractivity contribution in [1.29, 1.82) is 0 Å². The molecule has 2 rings (SSSR count). The van der Waals surface area contributed by atoms with Crippen LogP contribution in [-0.4, -0.2) is 38.1 Å². The summed E-state index contributed by atoms with van der Waals surface area (Å²) < 4.78 is 0. The lowest BCUT2D eigenvalue weighted by atomic mass is 10.0. The number of carbonyl (C=O) groups is 1. The number of rotatable bonds is 2. The Morgan fingerprint density at radius 2 is 1.93 bits per heavy atom. The molecule has 0 aliphatic carbocycles. The topological polar surface area (TPSA) is 53.2 Å². The lowest BCUT2D eigenvalue weighted by molar-refractivity contribution is -0.125. The van der Waals surface area contributed by atoms with Crippen molar-refractivity contribution >= 4 is 18.3 Å². The molecule has 0 aromatic heterocycles. The zero-order chi connectivity index (χ0) is 9.80. The molecule has 0 aromatic carbocycles. The summed E-state index contributed by atoms with van der Waals surface area (Å²) in [5.41, 5.74) is 0. The van der Waals surface area contributed by atoms with Crippen LogP contribution >= 0.6 is 12.4 Å². The zero-order valence-corrected chi connectivity index (χ0v) is 9.74. The van der Waals surface area contributed by atoms with Crippen LogP contribution in [0.2, 0.25) is 0 Å². The van der Waals surface area contributed by atoms with Crippen molar-refractivity contribution in [2.45, 2.75) is 25.3 Å². The number of nitrogens with one attached hydrogen (secondary N) is 3. The fraction of sp³-hybridized carbons (Fsp3) is 0.900. The monoisotopic (exact) mass is 233 g/mol. The first kappa shape index (κ1) is 12.7. The predicted octanol–water partition coefficient (Wildman–Crippen LogP) is -0.114. The van der Waals surface area contributed by atoms with Gasteiger partial charge in [-0.3, -0.25) is 4.79 Å². The van der Waals surface area contributed by atoms with E-state index in [-0.39, 0.29) is 24.2 Å². The van der Waals surface area contributed by atoms with Gasteiger partial charge in [-0.1, -0.05) is 0 Å². The van der Waals surface area contributed by atoms with Crippen molar-refractivity contribution < 1.29 is 4.79 Å². The van der Waals surface area contributed by atoms with E-state index in [1.807, 2.05) is 0 Å². The van der Waals surface area contributed by atoms with E-state index in [4.69, 9.17) is 0 Å². The molecule has 0 unspecified atom stereocenters. The Bertz CT molecular complexity index is 201. The van der Waals surface area contributed by atoms with E-state index < -0.39 is 0 Å². The van der Waals surface area contributed by atoms with Crippen molar-refractivity contribution in [3.05, 3.63) is 0 Å². The maximum Gasteiger partial charge on any atom is 0.224 e. The van der Waals surface area contributed by atoms with E-state index in [0.29, 0.717) is 6.04 Å². The molecule has 0 saturated carbocycles. The first-order chi connectivity index (χ1) is 6.86. The van der Waals surface area contributed by atoms with Crippen LogP contribution in [-0.2, 0) is 4.79 Å². The lowest BCUT2D eigenvalue weighted by Crippen LogP contribution is -2.47. The van der Waals surface area contributed by atoms with Gasteiger partial charge in [0.15, 0.2) is 0 Å². The molecular formula is C10H20ClN3O. The normalized spacial score (nSPS) is 30.7. The van der Waals surface area contributed by atoms with E-state index in [1.54, 1.807) is 0 Å². The highest BCUT2D eigenvalue weighted by molar-refractivity contribution is 5.85. The van der Waals surface area contributed by atoms with Crippen LogP contribution < -0.4 is 16.0 Å². The summed E-state index contributed by atoms with van der Waals surface area (Å²) in [5.74, 6) is 0.445. The van der Waals surface area contributed by atoms with Crippen LogP contribution in [0.3, 0.4) is 0 Å². The van der Waals surface area contributed by atoms with Crippen molar-refractivity contribution in [2.75, 3.05) is 26.2 Å². The minimum Gasteiger partial charge on any atom is -0.352 e. The fourth-order valence-electron chi connectivity index (χ4n) is 2.17. The minimum atomic E-state index is 0. The molecule has 2 fully saturated rings. The largest absolute Gasteiger partial charge is 0.352 e. The smallest absolute Gasteiger partial charge is 0.224 e. The van der Waals surface area contributed by atoms with Gasteiger partial charge in [-0.2, -0.15) is 0 Å². The van der Waals surface area contributed by atoms with Crippen molar-refractivity contribution in [1.82, 2.24) is 16.0 Å². The molecule has 0 radical (unpaired) electrons. The molecule has 0 spiro atoms. The Kier molecular flexibility index (Phi) is 5.36. The van der Waals surface area contributed by atoms with Gasteiger partial charge in [0.1, 0.15) is 0 Å². The maximum atomic E-state index is 11.7. The van der Waals surface area contributed by atoms with Crippen LogP contribution in [0.1, 0.15) is 19.3 Å². The molecule has 2 saturated heterocycles. The molecule has 2 heterocycles. The molecule has 5 heteroatoms. The highest BCUT2D eigenvalue weighted by atomic mass is 35.5. The average Bonchev–Trinajstić information content (AvgIpc) is 2.72. The van der Waals surface area contributed by atoms with Gasteiger partial charge in [-0.25, -0.2) is 0 Å². The number of hydrogen-bond acceptors (Lipinski definition) is 3. The number of carbonyl (C=O) groups excluding carboxylic acids is 1. The van der Waals surface area contributed by atoms with E-state index in [9.17, 15) is 4.79 Å². The van der Waals surface area contributed by atoms with E-state index >= 15 is 0 Å². The number of amides is 1. The van der Waals surface area contributed by atoms with Crippen LogP contribution in [0.5, 0.6) is 0 Å². The molecule has 15 heavy (non-hydrogen) atoms. The summed E-state index contributed by atoms with van der Waals surface area (Å²) in [4.78, 5) is 11.7. The van der Waals surface area contributed by atoms with Crippen molar-refractivity contribution in [2.24, 2.45) is 5.92 Å². The van der Waals surface area contributed by atoms with Crippen LogP contribution in [0, 0.1) is 5.92 Å². The summed E-state index contributed by atoms with van der Waals surface area (Å²) in [7, 11) is 0. The first-order valence-corrected chi connectivity index (χ1v) is 5.58. The summed E-state index contributed by atoms with van der Waals surface area (Å²) >= 11 is 0. The summed E-state index contributed by atoms with van der Waals surface area (Å²) in [6.07, 6.45) is 3.29. The fourth-order valence-corrected chi connectivity index (χ4v) is 2.17. The molecule has 3 N–H and O–H groups in total. The van der Waals surface area contributed by atoms with Crippen LogP contribution in [0.15, 0.2) is 0 Å². The summed E-state index contributed by atoms with van der Waals surface area (Å²) in [6, 6.07) is 0.358. The van der Waals surface area contributed by atoms with Gasteiger partial charge in [0.25, 0.3) is 0 Å². The second kappa shape index (κ2) is 6.30. The molecule has 4 nitrogen and oxygen atoms in total. The third-order valence-corrected chi connectivity index (χ3v) is 3.07. The molecule has 0 bridgehead atoms. The second-order valence-corrected chi connectivity index (χ2v) is 4.24. The molecule has 2 aliphatic heterocycles. The first-order valence-electron chi connectivity index (χ1n) is 5.58. The van der Waals surface area contributed by atoms with Gasteiger partial charge in [-0.05, 0) is 32.4 Å². The van der Waals surface area contributed by atoms with Crippen LogP contribution in [0.25, 0.3) is 0 Å². The highest BCUT2D eigenvalue weighted by Gasteiger charge is 2.24. The quantitative estimate of drug-likeness (QED) is 0.624. The summed E-state index contributed by atoms with van der Waals surface area (Å²) in [6.45, 7) is 3.87. The Labute approximate surface area is 97.0 Å². The Morgan fingerprint density at radius 3 is 2.53 bits per heavy atom. The standard InChI is InChI=1S/C10H19N3O.ClH/c14-10(8-3-5-12-6-8)13-9-2-1-4-11-7-9;/h8-9,11-12H,1-7H2,(H,13,14);1H/t8-,9-;/m1./s1. The molecule has 2 atom stereocenters. The van der Waals surface area contributed by atoms with Gasteiger partial charge in [0, 0.05) is 19.1 Å².